The fraction of sp³-hybridized carbons (Fsp3) is 0.333. The van der Waals surface area contributed by atoms with Crippen molar-refractivity contribution in [3.8, 4) is 0 Å². The van der Waals surface area contributed by atoms with Gasteiger partial charge in [0.25, 0.3) is 0 Å². The van der Waals surface area contributed by atoms with E-state index >= 15 is 0 Å². The lowest BCUT2D eigenvalue weighted by atomic mass is 10.0. The Labute approximate surface area is 151 Å². The fourth-order valence-corrected chi connectivity index (χ4v) is 4.41. The second-order valence-corrected chi connectivity index (χ2v) is 7.76. The molecule has 0 atom stereocenters. The summed E-state index contributed by atoms with van der Waals surface area (Å²) < 4.78 is 0. The molecule has 0 N–H and O–H groups in total. The molecule has 120 valence electrons. The number of aliphatic imine (C=N–C) groups is 1. The zero-order chi connectivity index (χ0) is 16.1. The van der Waals surface area contributed by atoms with Crippen LogP contribution < -0.4 is 0 Å². The van der Waals surface area contributed by atoms with Crippen molar-refractivity contribution in [2.45, 2.75) is 37.4 Å². The fourth-order valence-electron chi connectivity index (χ4n) is 2.67. The summed E-state index contributed by atoms with van der Waals surface area (Å²) >= 11 is 14.1. The highest BCUT2D eigenvalue weighted by Gasteiger charge is 2.18. The van der Waals surface area contributed by atoms with Gasteiger partial charge in [0.2, 0.25) is 0 Å². The maximum absolute atomic E-state index is 6.29. The Balaban J connectivity index is 1.92. The van der Waals surface area contributed by atoms with E-state index in [-0.39, 0.29) is 0 Å². The molecule has 0 spiro atoms. The maximum Gasteiger partial charge on any atom is 0.106 e. The van der Waals surface area contributed by atoms with Gasteiger partial charge in [-0.25, -0.2) is 4.99 Å². The molecular weight excluding hydrogens is 347 g/mol. The van der Waals surface area contributed by atoms with E-state index in [1.54, 1.807) is 12.3 Å². The highest BCUT2D eigenvalue weighted by atomic mass is 35.5. The first-order valence-corrected chi connectivity index (χ1v) is 9.47. The highest BCUT2D eigenvalue weighted by Crippen LogP contribution is 2.34. The van der Waals surface area contributed by atoms with Crippen LogP contribution >= 0.6 is 35.0 Å². The van der Waals surface area contributed by atoms with Crippen LogP contribution in [0.5, 0.6) is 0 Å². The molecule has 0 saturated heterocycles. The van der Waals surface area contributed by atoms with E-state index in [1.165, 1.54) is 32.1 Å². The SMILES string of the molecule is Clc1ccc(N=C(SC2CCCCC2)c2cccnc2)c(Cl)c1. The minimum atomic E-state index is 0.572. The van der Waals surface area contributed by atoms with E-state index in [1.807, 2.05) is 42.2 Å². The standard InChI is InChI=1S/C18H18Cl2N2S/c19-14-8-9-17(16(20)11-14)22-18(13-5-4-10-21-12-13)23-15-6-2-1-3-7-15/h4-5,8-12,15H,1-3,6-7H2. The zero-order valence-corrected chi connectivity index (χ0v) is 15.0. The number of rotatable bonds is 3. The Kier molecular flexibility index (Phi) is 5.98. The molecule has 1 saturated carbocycles. The summed E-state index contributed by atoms with van der Waals surface area (Å²) in [5, 5.41) is 2.79. The molecule has 5 heteroatoms. The number of hydrogen-bond acceptors (Lipinski definition) is 3. The van der Waals surface area contributed by atoms with Gasteiger partial charge in [0.15, 0.2) is 0 Å². The Morgan fingerprint density at radius 2 is 1.96 bits per heavy atom. The summed E-state index contributed by atoms with van der Waals surface area (Å²) in [4.78, 5) is 9.04. The molecule has 1 heterocycles. The molecule has 0 aliphatic heterocycles. The summed E-state index contributed by atoms with van der Waals surface area (Å²) in [5.41, 5.74) is 1.78. The molecule has 1 aliphatic carbocycles. The minimum absolute atomic E-state index is 0.572. The Hall–Kier alpha value is -1.03. The average molecular weight is 365 g/mol. The molecule has 1 aliphatic rings. The van der Waals surface area contributed by atoms with Crippen molar-refractivity contribution in [3.63, 3.8) is 0 Å². The third-order valence-electron chi connectivity index (χ3n) is 3.87. The third kappa shape index (κ3) is 4.72. The summed E-state index contributed by atoms with van der Waals surface area (Å²) in [5.74, 6) is 0. The molecule has 23 heavy (non-hydrogen) atoms. The van der Waals surface area contributed by atoms with E-state index in [4.69, 9.17) is 28.2 Å². The second kappa shape index (κ2) is 8.18. The number of benzene rings is 1. The second-order valence-electron chi connectivity index (χ2n) is 5.63. The van der Waals surface area contributed by atoms with E-state index in [2.05, 4.69) is 4.98 Å². The lowest BCUT2D eigenvalue weighted by molar-refractivity contribution is 0.517. The van der Waals surface area contributed by atoms with Gasteiger partial charge in [-0.3, -0.25) is 4.98 Å². The van der Waals surface area contributed by atoms with Crippen LogP contribution in [-0.4, -0.2) is 15.3 Å². The smallest absolute Gasteiger partial charge is 0.106 e. The van der Waals surface area contributed by atoms with Crippen LogP contribution in [0.2, 0.25) is 10.0 Å². The molecule has 0 unspecified atom stereocenters. The summed E-state index contributed by atoms with van der Waals surface area (Å²) in [6.07, 6.45) is 10.1. The molecule has 2 nitrogen and oxygen atoms in total. The number of pyridine rings is 1. The van der Waals surface area contributed by atoms with Gasteiger partial charge < -0.3 is 0 Å². The van der Waals surface area contributed by atoms with Crippen molar-refractivity contribution in [3.05, 3.63) is 58.3 Å². The van der Waals surface area contributed by atoms with E-state index in [0.29, 0.717) is 15.3 Å². The molecular formula is C18H18Cl2N2S. The van der Waals surface area contributed by atoms with Crippen molar-refractivity contribution >= 4 is 45.7 Å². The summed E-state index contributed by atoms with van der Waals surface area (Å²) in [6.45, 7) is 0. The lowest BCUT2D eigenvalue weighted by Gasteiger charge is -2.21. The first-order valence-electron chi connectivity index (χ1n) is 7.83. The van der Waals surface area contributed by atoms with Crippen molar-refractivity contribution in [2.24, 2.45) is 4.99 Å². The molecule has 1 aromatic heterocycles. The Morgan fingerprint density at radius 1 is 1.13 bits per heavy atom. The van der Waals surface area contributed by atoms with Gasteiger partial charge in [-0.15, -0.1) is 11.8 Å². The van der Waals surface area contributed by atoms with Crippen molar-refractivity contribution in [1.29, 1.82) is 0 Å². The predicted molar refractivity (Wildman–Crippen MR) is 101 cm³/mol. The topological polar surface area (TPSA) is 25.2 Å². The predicted octanol–water partition coefficient (Wildman–Crippen LogP) is 6.53. The van der Waals surface area contributed by atoms with Crippen molar-refractivity contribution in [2.75, 3.05) is 0 Å². The number of halogens is 2. The first-order chi connectivity index (χ1) is 11.2. The molecule has 1 fully saturated rings. The molecule has 1 aromatic carbocycles. The van der Waals surface area contributed by atoms with Crippen LogP contribution in [-0.2, 0) is 0 Å². The average Bonchev–Trinajstić information content (AvgIpc) is 2.58. The van der Waals surface area contributed by atoms with Gasteiger partial charge in [-0.2, -0.15) is 0 Å². The van der Waals surface area contributed by atoms with Crippen LogP contribution in [0, 0.1) is 0 Å². The van der Waals surface area contributed by atoms with Gasteiger partial charge in [0.05, 0.1) is 10.7 Å². The third-order valence-corrected chi connectivity index (χ3v) is 5.76. The normalized spacial score (nSPS) is 16.5. The van der Waals surface area contributed by atoms with Gasteiger partial charge in [-0.1, -0.05) is 42.5 Å². The summed E-state index contributed by atoms with van der Waals surface area (Å²) in [6, 6.07) is 9.40. The minimum Gasteiger partial charge on any atom is -0.264 e. The largest absolute Gasteiger partial charge is 0.264 e. The van der Waals surface area contributed by atoms with Crippen LogP contribution in [0.4, 0.5) is 5.69 Å². The molecule has 0 amide bonds. The van der Waals surface area contributed by atoms with E-state index in [0.717, 1.165) is 16.3 Å². The van der Waals surface area contributed by atoms with Gasteiger partial charge in [0, 0.05) is 28.2 Å². The van der Waals surface area contributed by atoms with Crippen LogP contribution in [0.1, 0.15) is 37.7 Å². The summed E-state index contributed by atoms with van der Waals surface area (Å²) in [7, 11) is 0. The Bertz CT molecular complexity index is 683. The number of thioether (sulfide) groups is 1. The van der Waals surface area contributed by atoms with E-state index in [9.17, 15) is 0 Å². The number of hydrogen-bond donors (Lipinski definition) is 0. The van der Waals surface area contributed by atoms with Crippen LogP contribution in [0.3, 0.4) is 0 Å². The van der Waals surface area contributed by atoms with Gasteiger partial charge in [0.1, 0.15) is 5.04 Å². The van der Waals surface area contributed by atoms with Crippen molar-refractivity contribution in [1.82, 2.24) is 4.98 Å². The highest BCUT2D eigenvalue weighted by molar-refractivity contribution is 8.15. The molecule has 0 radical (unpaired) electrons. The van der Waals surface area contributed by atoms with Gasteiger partial charge in [-0.05, 0) is 43.2 Å². The molecule has 3 rings (SSSR count). The quantitative estimate of drug-likeness (QED) is 0.456. The molecule has 2 aromatic rings. The lowest BCUT2D eigenvalue weighted by Crippen LogP contribution is -2.12. The van der Waals surface area contributed by atoms with Crippen molar-refractivity contribution < 1.29 is 0 Å². The first kappa shape index (κ1) is 16.8. The number of nitrogens with zero attached hydrogens (tertiary/aromatic N) is 2. The monoisotopic (exact) mass is 364 g/mol. The zero-order valence-electron chi connectivity index (χ0n) is 12.7. The van der Waals surface area contributed by atoms with E-state index < -0.39 is 0 Å². The van der Waals surface area contributed by atoms with Crippen LogP contribution in [0.25, 0.3) is 0 Å². The molecule has 0 bridgehead atoms. The maximum atomic E-state index is 6.29. The Morgan fingerprint density at radius 3 is 2.65 bits per heavy atom. The van der Waals surface area contributed by atoms with Gasteiger partial charge >= 0.3 is 0 Å². The van der Waals surface area contributed by atoms with Crippen LogP contribution in [0.15, 0.2) is 47.7 Å². The number of aromatic nitrogens is 1.